The van der Waals surface area contributed by atoms with Gasteiger partial charge in [0, 0.05) is 22.7 Å². The summed E-state index contributed by atoms with van der Waals surface area (Å²) in [6.07, 6.45) is 1.62. The van der Waals surface area contributed by atoms with Crippen LogP contribution in [0.5, 0.6) is 5.75 Å². The summed E-state index contributed by atoms with van der Waals surface area (Å²) in [6.45, 7) is 4.66. The van der Waals surface area contributed by atoms with Gasteiger partial charge in [0.25, 0.3) is 0 Å². The van der Waals surface area contributed by atoms with Crippen molar-refractivity contribution in [2.24, 2.45) is 0 Å². The molecule has 0 atom stereocenters. The summed E-state index contributed by atoms with van der Waals surface area (Å²) in [4.78, 5) is 7.55. The minimum atomic E-state index is 0.361. The zero-order chi connectivity index (χ0) is 15.0. The molecule has 3 aromatic rings. The lowest BCUT2D eigenvalue weighted by Crippen LogP contribution is -1.95. The first kappa shape index (κ1) is 14.7. The molecule has 0 bridgehead atoms. The van der Waals surface area contributed by atoms with Crippen LogP contribution in [0.15, 0.2) is 24.4 Å². The molecule has 2 heterocycles. The van der Waals surface area contributed by atoms with Gasteiger partial charge in [-0.25, -0.2) is 4.98 Å². The van der Waals surface area contributed by atoms with E-state index in [1.807, 2.05) is 12.1 Å². The van der Waals surface area contributed by atoms with Crippen LogP contribution in [0.2, 0.25) is 9.36 Å². The maximum Gasteiger partial charge on any atom is 0.140 e. The third-order valence-electron chi connectivity index (χ3n) is 3.19. The molecule has 110 valence electrons. The van der Waals surface area contributed by atoms with E-state index in [1.54, 1.807) is 6.20 Å². The first-order valence-corrected chi connectivity index (χ1v) is 8.15. The predicted molar refractivity (Wildman–Crippen MR) is 88.9 cm³/mol. The Kier molecular flexibility index (Phi) is 4.11. The summed E-state index contributed by atoms with van der Waals surface area (Å²) in [5.41, 5.74) is 2.21. The summed E-state index contributed by atoms with van der Waals surface area (Å²) in [5.74, 6) is 1.09. The Morgan fingerprint density at radius 2 is 2.10 bits per heavy atom. The smallest absolute Gasteiger partial charge is 0.140 e. The van der Waals surface area contributed by atoms with E-state index in [0.29, 0.717) is 27.6 Å². The number of thiazole rings is 1. The molecule has 0 aliphatic carbocycles. The quantitative estimate of drug-likeness (QED) is 0.667. The summed E-state index contributed by atoms with van der Waals surface area (Å²) in [5, 5.41) is 2.51. The SMILES string of the molecule is CC(C)c1cc2cc(Cl)c(OCc3ncc(Cl)s3)cc2[nH]1. The number of ether oxygens (including phenoxy) is 1. The molecule has 0 unspecified atom stereocenters. The largest absolute Gasteiger partial charge is 0.485 e. The first-order chi connectivity index (χ1) is 10.0. The maximum absolute atomic E-state index is 6.28. The fourth-order valence-electron chi connectivity index (χ4n) is 2.07. The lowest BCUT2D eigenvalue weighted by molar-refractivity contribution is 0.306. The Morgan fingerprint density at radius 3 is 2.76 bits per heavy atom. The first-order valence-electron chi connectivity index (χ1n) is 6.58. The van der Waals surface area contributed by atoms with Crippen molar-refractivity contribution in [3.63, 3.8) is 0 Å². The number of nitrogens with one attached hydrogen (secondary N) is 1. The van der Waals surface area contributed by atoms with E-state index in [1.165, 1.54) is 17.0 Å². The molecule has 0 spiro atoms. The minimum absolute atomic E-state index is 0.361. The van der Waals surface area contributed by atoms with Crippen LogP contribution < -0.4 is 4.74 Å². The molecular formula is C15H14Cl2N2OS. The number of nitrogens with zero attached hydrogens (tertiary/aromatic N) is 1. The third-order valence-corrected chi connectivity index (χ3v) is 4.58. The molecule has 0 amide bonds. The van der Waals surface area contributed by atoms with Gasteiger partial charge in [0.2, 0.25) is 0 Å². The van der Waals surface area contributed by atoms with Crippen molar-refractivity contribution in [1.82, 2.24) is 9.97 Å². The van der Waals surface area contributed by atoms with Crippen LogP contribution in [0, 0.1) is 0 Å². The number of benzene rings is 1. The van der Waals surface area contributed by atoms with Gasteiger partial charge in [-0.1, -0.05) is 37.0 Å². The Morgan fingerprint density at radius 1 is 1.29 bits per heavy atom. The summed E-state index contributed by atoms with van der Waals surface area (Å²) < 4.78 is 6.41. The Bertz CT molecular complexity index is 779. The van der Waals surface area contributed by atoms with E-state index in [4.69, 9.17) is 27.9 Å². The van der Waals surface area contributed by atoms with Crippen molar-refractivity contribution in [3.05, 3.63) is 44.5 Å². The monoisotopic (exact) mass is 340 g/mol. The molecule has 0 aliphatic rings. The van der Waals surface area contributed by atoms with Gasteiger partial charge in [0.15, 0.2) is 0 Å². The Balaban J connectivity index is 1.86. The lowest BCUT2D eigenvalue weighted by atomic mass is 10.1. The molecule has 0 saturated carbocycles. The van der Waals surface area contributed by atoms with Crippen molar-refractivity contribution in [2.45, 2.75) is 26.4 Å². The van der Waals surface area contributed by atoms with E-state index < -0.39 is 0 Å². The molecule has 3 nitrogen and oxygen atoms in total. The van der Waals surface area contributed by atoms with Crippen molar-refractivity contribution in [3.8, 4) is 5.75 Å². The van der Waals surface area contributed by atoms with Crippen LogP contribution in [0.25, 0.3) is 10.9 Å². The fourth-order valence-corrected chi connectivity index (χ4v) is 3.17. The molecule has 21 heavy (non-hydrogen) atoms. The highest BCUT2D eigenvalue weighted by Crippen LogP contribution is 2.32. The van der Waals surface area contributed by atoms with Gasteiger partial charge >= 0.3 is 0 Å². The lowest BCUT2D eigenvalue weighted by Gasteiger charge is -2.06. The van der Waals surface area contributed by atoms with Gasteiger partial charge in [0.1, 0.15) is 21.7 Å². The topological polar surface area (TPSA) is 37.9 Å². The van der Waals surface area contributed by atoms with Gasteiger partial charge in [-0.3, -0.25) is 0 Å². The molecule has 1 N–H and O–H groups in total. The molecule has 3 rings (SSSR count). The van der Waals surface area contributed by atoms with Gasteiger partial charge in [-0.15, -0.1) is 11.3 Å². The number of aromatic nitrogens is 2. The number of aromatic amines is 1. The van der Waals surface area contributed by atoms with Crippen LogP contribution in [-0.4, -0.2) is 9.97 Å². The highest BCUT2D eigenvalue weighted by molar-refractivity contribution is 7.15. The zero-order valence-corrected chi connectivity index (χ0v) is 13.9. The van der Waals surface area contributed by atoms with Crippen LogP contribution in [0.4, 0.5) is 0 Å². The number of H-pyrrole nitrogens is 1. The molecule has 0 aliphatic heterocycles. The van der Waals surface area contributed by atoms with Gasteiger partial charge < -0.3 is 9.72 Å². The van der Waals surface area contributed by atoms with E-state index in [0.717, 1.165) is 15.9 Å². The number of hydrogen-bond acceptors (Lipinski definition) is 3. The number of fused-ring (bicyclic) bond motifs is 1. The molecule has 6 heteroatoms. The van der Waals surface area contributed by atoms with Crippen molar-refractivity contribution in [2.75, 3.05) is 0 Å². The number of hydrogen-bond donors (Lipinski definition) is 1. The average molecular weight is 341 g/mol. The predicted octanol–water partition coefficient (Wildman–Crippen LogP) is 5.63. The van der Waals surface area contributed by atoms with Crippen LogP contribution in [0.3, 0.4) is 0 Å². The molecule has 0 radical (unpaired) electrons. The van der Waals surface area contributed by atoms with Crippen LogP contribution in [0.1, 0.15) is 30.5 Å². The summed E-state index contributed by atoms with van der Waals surface area (Å²) in [7, 11) is 0. The van der Waals surface area contributed by atoms with Crippen molar-refractivity contribution >= 4 is 45.4 Å². The van der Waals surface area contributed by atoms with E-state index >= 15 is 0 Å². The number of rotatable bonds is 4. The molecule has 0 fully saturated rings. The van der Waals surface area contributed by atoms with Gasteiger partial charge in [0.05, 0.1) is 11.2 Å². The third kappa shape index (κ3) is 3.18. The van der Waals surface area contributed by atoms with E-state index in [2.05, 4.69) is 29.9 Å². The molecule has 0 saturated heterocycles. The Labute approximate surface area is 136 Å². The average Bonchev–Trinajstić information content (AvgIpc) is 3.02. The van der Waals surface area contributed by atoms with Crippen LogP contribution >= 0.6 is 34.5 Å². The fraction of sp³-hybridized carbons (Fsp3) is 0.267. The molecule has 1 aromatic carbocycles. The second kappa shape index (κ2) is 5.87. The van der Waals surface area contributed by atoms with Crippen LogP contribution in [-0.2, 0) is 6.61 Å². The zero-order valence-electron chi connectivity index (χ0n) is 11.6. The van der Waals surface area contributed by atoms with E-state index in [-0.39, 0.29) is 0 Å². The molecule has 2 aromatic heterocycles. The highest BCUT2D eigenvalue weighted by Gasteiger charge is 2.10. The summed E-state index contributed by atoms with van der Waals surface area (Å²) >= 11 is 13.5. The highest BCUT2D eigenvalue weighted by atomic mass is 35.5. The maximum atomic E-state index is 6.28. The molecular weight excluding hydrogens is 327 g/mol. The summed E-state index contributed by atoms with van der Waals surface area (Å²) in [6, 6.07) is 5.97. The van der Waals surface area contributed by atoms with Gasteiger partial charge in [-0.2, -0.15) is 0 Å². The Hall–Kier alpha value is -1.23. The van der Waals surface area contributed by atoms with E-state index in [9.17, 15) is 0 Å². The second-order valence-corrected chi connectivity index (χ2v) is 7.25. The number of halogens is 2. The normalized spacial score (nSPS) is 11.5. The standard InChI is InChI=1S/C15H14Cl2N2OS/c1-8(2)11-4-9-3-10(16)13(5-12(9)19-11)20-7-15-18-6-14(17)21-15/h3-6,8,19H,7H2,1-2H3. The van der Waals surface area contributed by atoms with Crippen molar-refractivity contribution < 1.29 is 4.74 Å². The minimum Gasteiger partial charge on any atom is -0.485 e. The van der Waals surface area contributed by atoms with Crippen molar-refractivity contribution in [1.29, 1.82) is 0 Å². The second-order valence-electron chi connectivity index (χ2n) is 5.10. The van der Waals surface area contributed by atoms with Gasteiger partial charge in [-0.05, 0) is 18.1 Å².